The summed E-state index contributed by atoms with van der Waals surface area (Å²) >= 11 is 12.5. The lowest BCUT2D eigenvalue weighted by molar-refractivity contribution is 0.0876. The highest BCUT2D eigenvalue weighted by molar-refractivity contribution is 6.37. The summed E-state index contributed by atoms with van der Waals surface area (Å²) in [6.07, 6.45) is 1.60. The predicted molar refractivity (Wildman–Crippen MR) is 128 cm³/mol. The summed E-state index contributed by atoms with van der Waals surface area (Å²) in [5, 5.41) is 0.909. The second kappa shape index (κ2) is 8.75. The smallest absolute Gasteiger partial charge is 0.231 e. The lowest BCUT2D eigenvalue weighted by Crippen LogP contribution is -2.32. The van der Waals surface area contributed by atoms with Crippen molar-refractivity contribution in [1.29, 1.82) is 0 Å². The number of carbonyl (C=O) groups excluding carboxylic acids is 1. The minimum absolute atomic E-state index is 0.195. The molecule has 0 atom stereocenters. The van der Waals surface area contributed by atoms with Gasteiger partial charge in [0.15, 0.2) is 5.76 Å². The van der Waals surface area contributed by atoms with Crippen LogP contribution < -0.4 is 14.2 Å². The Morgan fingerprint density at radius 2 is 1.82 bits per heavy atom. The van der Waals surface area contributed by atoms with Gasteiger partial charge in [-0.3, -0.25) is 9.69 Å². The van der Waals surface area contributed by atoms with E-state index in [0.717, 1.165) is 34.7 Å². The Balaban J connectivity index is 1.41. The molecule has 168 valence electrons. The van der Waals surface area contributed by atoms with Crippen molar-refractivity contribution in [2.24, 2.45) is 0 Å². The van der Waals surface area contributed by atoms with E-state index in [1.165, 1.54) is 0 Å². The molecule has 0 bridgehead atoms. The Morgan fingerprint density at radius 3 is 2.52 bits per heavy atom. The van der Waals surface area contributed by atoms with Crippen LogP contribution in [0.25, 0.3) is 6.08 Å². The van der Waals surface area contributed by atoms with Crippen LogP contribution in [0.15, 0.2) is 54.3 Å². The molecule has 0 N–H and O–H groups in total. The van der Waals surface area contributed by atoms with Gasteiger partial charge in [0.05, 0.1) is 12.7 Å². The molecule has 5 nitrogen and oxygen atoms in total. The average Bonchev–Trinajstić information content (AvgIpc) is 3.12. The summed E-state index contributed by atoms with van der Waals surface area (Å²) in [5.41, 5.74) is 4.01. The summed E-state index contributed by atoms with van der Waals surface area (Å²) in [6, 6.07) is 15.0. The number of hydrogen-bond acceptors (Lipinski definition) is 5. The van der Waals surface area contributed by atoms with Gasteiger partial charge in [-0.15, -0.1) is 0 Å². The molecule has 3 aromatic carbocycles. The number of methoxy groups -OCH3 is 1. The maximum atomic E-state index is 13.1. The molecule has 0 spiro atoms. The zero-order valence-corrected chi connectivity index (χ0v) is 19.7. The van der Waals surface area contributed by atoms with Crippen LogP contribution in [-0.2, 0) is 13.1 Å². The second-order valence-corrected chi connectivity index (χ2v) is 8.86. The van der Waals surface area contributed by atoms with Crippen molar-refractivity contribution in [2.75, 3.05) is 13.8 Å². The number of ketones is 1. The average molecular weight is 482 g/mol. The SMILES string of the molecule is COc1ccc(CN2COc3c(cc4c(c3C)O/C(=C\c3c(Cl)cccc3Cl)C4=O)C2)cc1. The number of halogens is 2. The molecule has 0 saturated heterocycles. The van der Waals surface area contributed by atoms with Crippen LogP contribution in [0.1, 0.15) is 32.6 Å². The van der Waals surface area contributed by atoms with E-state index in [9.17, 15) is 4.79 Å². The van der Waals surface area contributed by atoms with Crippen LogP contribution in [0.2, 0.25) is 10.0 Å². The summed E-state index contributed by atoms with van der Waals surface area (Å²) < 4.78 is 17.3. The first-order valence-corrected chi connectivity index (χ1v) is 11.2. The fourth-order valence-corrected chi connectivity index (χ4v) is 4.67. The van der Waals surface area contributed by atoms with E-state index >= 15 is 0 Å². The number of hydrogen-bond donors (Lipinski definition) is 0. The van der Waals surface area contributed by atoms with E-state index in [1.54, 1.807) is 31.4 Å². The van der Waals surface area contributed by atoms with Crippen molar-refractivity contribution >= 4 is 35.1 Å². The third-order valence-corrected chi connectivity index (χ3v) is 6.50. The van der Waals surface area contributed by atoms with Crippen molar-refractivity contribution in [3.05, 3.63) is 92.2 Å². The van der Waals surface area contributed by atoms with Gasteiger partial charge in [0.25, 0.3) is 0 Å². The fourth-order valence-electron chi connectivity index (χ4n) is 4.17. The van der Waals surface area contributed by atoms with Crippen LogP contribution in [0.5, 0.6) is 17.2 Å². The first-order valence-electron chi connectivity index (χ1n) is 10.5. The van der Waals surface area contributed by atoms with Gasteiger partial charge < -0.3 is 14.2 Å². The van der Waals surface area contributed by atoms with Gasteiger partial charge in [-0.2, -0.15) is 0 Å². The molecule has 0 amide bonds. The highest BCUT2D eigenvalue weighted by atomic mass is 35.5. The highest BCUT2D eigenvalue weighted by Crippen LogP contribution is 2.43. The van der Waals surface area contributed by atoms with Gasteiger partial charge in [-0.1, -0.05) is 41.4 Å². The number of carbonyl (C=O) groups is 1. The van der Waals surface area contributed by atoms with Gasteiger partial charge in [0, 0.05) is 39.8 Å². The summed E-state index contributed by atoms with van der Waals surface area (Å²) in [6.45, 7) is 3.75. The number of fused-ring (bicyclic) bond motifs is 2. The van der Waals surface area contributed by atoms with Crippen molar-refractivity contribution in [3.8, 4) is 17.2 Å². The summed E-state index contributed by atoms with van der Waals surface area (Å²) in [4.78, 5) is 15.3. The predicted octanol–water partition coefficient (Wildman–Crippen LogP) is 6.28. The number of allylic oxidation sites excluding steroid dienone is 1. The van der Waals surface area contributed by atoms with Gasteiger partial charge in [0.2, 0.25) is 5.78 Å². The zero-order valence-electron chi connectivity index (χ0n) is 18.2. The number of benzene rings is 3. The molecule has 0 fully saturated rings. The van der Waals surface area contributed by atoms with E-state index in [4.69, 9.17) is 37.4 Å². The fraction of sp³-hybridized carbons (Fsp3) is 0.192. The molecular weight excluding hydrogens is 461 g/mol. The summed E-state index contributed by atoms with van der Waals surface area (Å²) in [5.74, 6) is 2.12. The monoisotopic (exact) mass is 481 g/mol. The van der Waals surface area contributed by atoms with Crippen molar-refractivity contribution in [1.82, 2.24) is 4.90 Å². The van der Waals surface area contributed by atoms with Crippen molar-refractivity contribution in [3.63, 3.8) is 0 Å². The van der Waals surface area contributed by atoms with Crippen LogP contribution >= 0.6 is 23.2 Å². The Kier molecular flexibility index (Phi) is 5.79. The number of nitrogens with zero attached hydrogens (tertiary/aromatic N) is 1. The maximum Gasteiger partial charge on any atom is 0.231 e. The Labute approximate surface area is 202 Å². The molecular formula is C26H21Cl2NO4. The molecule has 5 rings (SSSR count). The molecule has 0 radical (unpaired) electrons. The molecule has 0 saturated carbocycles. The van der Waals surface area contributed by atoms with Crippen LogP contribution in [0.4, 0.5) is 0 Å². The standard InChI is InChI=1S/C26H21Cl2NO4/c1-15-25-17(13-29(14-32-25)12-16-6-8-18(31-2)9-7-16)10-20-24(30)23(33-26(15)20)11-19-21(27)4-3-5-22(19)28/h3-11H,12-14H2,1-2H3/b23-11-. The number of rotatable bonds is 4. The third-order valence-electron chi connectivity index (χ3n) is 5.84. The first-order chi connectivity index (χ1) is 15.9. The third kappa shape index (κ3) is 4.08. The van der Waals surface area contributed by atoms with Gasteiger partial charge in [-0.25, -0.2) is 0 Å². The normalized spacial score (nSPS) is 16.2. The number of ether oxygens (including phenoxy) is 3. The molecule has 3 aromatic rings. The molecule has 0 aliphatic carbocycles. The number of Topliss-reactive ketones (excluding diaryl/α,β-unsaturated/α-hetero) is 1. The molecule has 33 heavy (non-hydrogen) atoms. The van der Waals surface area contributed by atoms with Crippen LogP contribution in [0, 0.1) is 6.92 Å². The van der Waals surface area contributed by atoms with Crippen LogP contribution in [0.3, 0.4) is 0 Å². The molecule has 2 aliphatic heterocycles. The lowest BCUT2D eigenvalue weighted by Gasteiger charge is -2.30. The molecule has 0 aromatic heterocycles. The van der Waals surface area contributed by atoms with E-state index < -0.39 is 0 Å². The van der Waals surface area contributed by atoms with Crippen molar-refractivity contribution < 1.29 is 19.0 Å². The molecule has 2 aliphatic rings. The Morgan fingerprint density at radius 1 is 1.09 bits per heavy atom. The maximum absolute atomic E-state index is 13.1. The zero-order chi connectivity index (χ0) is 23.1. The quantitative estimate of drug-likeness (QED) is 0.410. The van der Waals surface area contributed by atoms with E-state index in [0.29, 0.717) is 40.2 Å². The second-order valence-electron chi connectivity index (χ2n) is 8.05. The minimum Gasteiger partial charge on any atom is -0.497 e. The minimum atomic E-state index is -0.195. The van der Waals surface area contributed by atoms with Gasteiger partial charge in [0.1, 0.15) is 24.0 Å². The molecule has 7 heteroatoms. The largest absolute Gasteiger partial charge is 0.497 e. The van der Waals surface area contributed by atoms with Crippen LogP contribution in [-0.4, -0.2) is 24.5 Å². The highest BCUT2D eigenvalue weighted by Gasteiger charge is 2.34. The van der Waals surface area contributed by atoms with E-state index in [2.05, 4.69) is 4.90 Å². The molecule has 0 unspecified atom stereocenters. The van der Waals surface area contributed by atoms with Crippen molar-refractivity contribution in [2.45, 2.75) is 20.0 Å². The summed E-state index contributed by atoms with van der Waals surface area (Å²) in [7, 11) is 1.65. The Hall–Kier alpha value is -2.99. The van der Waals surface area contributed by atoms with Gasteiger partial charge in [-0.05, 0) is 48.9 Å². The van der Waals surface area contributed by atoms with Gasteiger partial charge >= 0.3 is 0 Å². The Bertz CT molecular complexity index is 1260. The topological polar surface area (TPSA) is 48.0 Å². The van der Waals surface area contributed by atoms with E-state index in [1.807, 2.05) is 37.3 Å². The lowest BCUT2D eigenvalue weighted by atomic mass is 10.00. The first kappa shape index (κ1) is 21.8. The van der Waals surface area contributed by atoms with E-state index in [-0.39, 0.29) is 11.5 Å². The molecule has 2 heterocycles.